The third-order valence-corrected chi connectivity index (χ3v) is 2.88. The summed E-state index contributed by atoms with van der Waals surface area (Å²) in [6.07, 6.45) is 1.93. The average molecular weight is 221 g/mol. The van der Waals surface area contributed by atoms with Crippen LogP contribution in [-0.4, -0.2) is 24.8 Å². The highest BCUT2D eigenvalue weighted by atomic mass is 16.2. The molecule has 16 heavy (non-hydrogen) atoms. The molecule has 0 radical (unpaired) electrons. The molecule has 0 saturated heterocycles. The highest BCUT2D eigenvalue weighted by molar-refractivity contribution is 5.23. The summed E-state index contributed by atoms with van der Waals surface area (Å²) >= 11 is 0. The zero-order chi connectivity index (χ0) is 11.9. The molecule has 2 nitrogen and oxygen atoms in total. The Bertz CT molecular complexity index is 282. The van der Waals surface area contributed by atoms with E-state index in [1.807, 2.05) is 6.07 Å². The van der Waals surface area contributed by atoms with Crippen LogP contribution in [0.4, 0.5) is 0 Å². The molecule has 1 aromatic rings. The maximum atomic E-state index is 8.68. The Hall–Kier alpha value is -0.860. The fourth-order valence-corrected chi connectivity index (χ4v) is 1.75. The molecule has 0 spiro atoms. The first-order valence-electron chi connectivity index (χ1n) is 6.04. The fourth-order valence-electron chi connectivity index (χ4n) is 1.75. The lowest BCUT2D eigenvalue weighted by Crippen LogP contribution is -2.33. The number of rotatable bonds is 7. The second kappa shape index (κ2) is 6.66. The van der Waals surface area contributed by atoms with Gasteiger partial charge >= 0.3 is 0 Å². The summed E-state index contributed by atoms with van der Waals surface area (Å²) in [6, 6.07) is 10.6. The van der Waals surface area contributed by atoms with Crippen molar-refractivity contribution in [1.82, 2.24) is 5.32 Å². The van der Waals surface area contributed by atoms with Crippen LogP contribution < -0.4 is 5.32 Å². The van der Waals surface area contributed by atoms with Gasteiger partial charge in [-0.05, 0) is 24.9 Å². The van der Waals surface area contributed by atoms with Crippen LogP contribution >= 0.6 is 0 Å². The Labute approximate surface area is 98.7 Å². The lowest BCUT2D eigenvalue weighted by Gasteiger charge is -2.25. The molecule has 0 saturated carbocycles. The van der Waals surface area contributed by atoms with Crippen LogP contribution in [0.25, 0.3) is 0 Å². The molecule has 0 amide bonds. The van der Waals surface area contributed by atoms with E-state index in [0.717, 1.165) is 25.9 Å². The Morgan fingerprint density at radius 1 is 1.12 bits per heavy atom. The molecular formula is C14H23NO. The number of aliphatic hydroxyl groups is 1. The van der Waals surface area contributed by atoms with Gasteiger partial charge in [0.05, 0.1) is 0 Å². The molecule has 0 atom stereocenters. The van der Waals surface area contributed by atoms with Gasteiger partial charge in [0.1, 0.15) is 0 Å². The van der Waals surface area contributed by atoms with Crippen LogP contribution in [0.2, 0.25) is 0 Å². The minimum atomic E-state index is 0.167. The van der Waals surface area contributed by atoms with Gasteiger partial charge in [0.15, 0.2) is 0 Å². The van der Waals surface area contributed by atoms with Crippen molar-refractivity contribution < 1.29 is 5.11 Å². The summed E-state index contributed by atoms with van der Waals surface area (Å²) in [5.41, 5.74) is 1.53. The van der Waals surface area contributed by atoms with Gasteiger partial charge in [-0.25, -0.2) is 0 Å². The molecule has 0 aliphatic rings. The molecule has 0 aliphatic heterocycles. The van der Waals surface area contributed by atoms with E-state index in [9.17, 15) is 0 Å². The summed E-state index contributed by atoms with van der Waals surface area (Å²) < 4.78 is 0. The van der Waals surface area contributed by atoms with E-state index >= 15 is 0 Å². The zero-order valence-electron chi connectivity index (χ0n) is 10.4. The van der Waals surface area contributed by atoms with Gasteiger partial charge in [0.2, 0.25) is 0 Å². The van der Waals surface area contributed by atoms with E-state index in [2.05, 4.69) is 43.4 Å². The smallest absolute Gasteiger partial charge is 0.0431 e. The van der Waals surface area contributed by atoms with Gasteiger partial charge < -0.3 is 10.4 Å². The number of hydrogen-bond donors (Lipinski definition) is 2. The topological polar surface area (TPSA) is 32.3 Å². The van der Waals surface area contributed by atoms with Crippen LogP contribution in [0.3, 0.4) is 0 Å². The first-order chi connectivity index (χ1) is 7.67. The maximum Gasteiger partial charge on any atom is 0.0431 e. The Morgan fingerprint density at radius 3 is 2.44 bits per heavy atom. The van der Waals surface area contributed by atoms with E-state index in [0.29, 0.717) is 6.61 Å². The standard InChI is InChI=1S/C14H23NO/c1-14(2,12-15-10-6-7-11-16)13-8-4-3-5-9-13/h3-5,8-9,15-16H,6-7,10-12H2,1-2H3. The van der Waals surface area contributed by atoms with Crippen molar-refractivity contribution in [3.05, 3.63) is 35.9 Å². The van der Waals surface area contributed by atoms with E-state index < -0.39 is 0 Å². The highest BCUT2D eigenvalue weighted by Gasteiger charge is 2.19. The van der Waals surface area contributed by atoms with Gasteiger partial charge in [-0.3, -0.25) is 0 Å². The normalized spacial score (nSPS) is 11.7. The van der Waals surface area contributed by atoms with Crippen molar-refractivity contribution in [2.45, 2.75) is 32.1 Å². The minimum absolute atomic E-state index is 0.167. The summed E-state index contributed by atoms with van der Waals surface area (Å²) in [4.78, 5) is 0. The van der Waals surface area contributed by atoms with Gasteiger partial charge in [-0.1, -0.05) is 44.2 Å². The third kappa shape index (κ3) is 4.33. The number of aliphatic hydroxyl groups excluding tert-OH is 1. The van der Waals surface area contributed by atoms with Crippen LogP contribution in [0.15, 0.2) is 30.3 Å². The number of benzene rings is 1. The molecular weight excluding hydrogens is 198 g/mol. The van der Waals surface area contributed by atoms with E-state index in [-0.39, 0.29) is 5.41 Å². The lowest BCUT2D eigenvalue weighted by atomic mass is 9.84. The number of nitrogens with one attached hydrogen (secondary N) is 1. The summed E-state index contributed by atoms with van der Waals surface area (Å²) in [5.74, 6) is 0. The van der Waals surface area contributed by atoms with Gasteiger partial charge in [0.25, 0.3) is 0 Å². The van der Waals surface area contributed by atoms with Crippen LogP contribution in [-0.2, 0) is 5.41 Å². The van der Waals surface area contributed by atoms with Crippen LogP contribution in [0.1, 0.15) is 32.3 Å². The molecule has 0 aliphatic carbocycles. The molecule has 2 N–H and O–H groups in total. The van der Waals surface area contributed by atoms with Crippen molar-refractivity contribution in [2.75, 3.05) is 19.7 Å². The van der Waals surface area contributed by atoms with Crippen LogP contribution in [0, 0.1) is 0 Å². The molecule has 0 heterocycles. The molecule has 2 heteroatoms. The van der Waals surface area contributed by atoms with Crippen molar-refractivity contribution in [1.29, 1.82) is 0 Å². The molecule has 1 rings (SSSR count). The Kier molecular flexibility index (Phi) is 5.50. The Balaban J connectivity index is 2.35. The van der Waals surface area contributed by atoms with Gasteiger partial charge in [-0.15, -0.1) is 0 Å². The first-order valence-corrected chi connectivity index (χ1v) is 6.04. The van der Waals surface area contributed by atoms with E-state index in [4.69, 9.17) is 5.11 Å². The molecule has 0 bridgehead atoms. The third-order valence-electron chi connectivity index (χ3n) is 2.88. The summed E-state index contributed by atoms with van der Waals surface area (Å²) in [6.45, 7) is 6.76. The van der Waals surface area contributed by atoms with Gasteiger partial charge in [0, 0.05) is 18.6 Å². The van der Waals surface area contributed by atoms with Crippen molar-refractivity contribution in [3.8, 4) is 0 Å². The van der Waals surface area contributed by atoms with Crippen molar-refractivity contribution >= 4 is 0 Å². The average Bonchev–Trinajstić information content (AvgIpc) is 2.30. The summed E-state index contributed by atoms with van der Waals surface area (Å²) in [5, 5.41) is 12.1. The van der Waals surface area contributed by atoms with Crippen molar-refractivity contribution in [2.24, 2.45) is 0 Å². The maximum absolute atomic E-state index is 8.68. The first kappa shape index (κ1) is 13.2. The second-order valence-corrected chi connectivity index (χ2v) is 4.86. The number of hydrogen-bond acceptors (Lipinski definition) is 2. The SMILES string of the molecule is CC(C)(CNCCCCO)c1ccccc1. The highest BCUT2D eigenvalue weighted by Crippen LogP contribution is 2.21. The van der Waals surface area contributed by atoms with Crippen molar-refractivity contribution in [3.63, 3.8) is 0 Å². The predicted octanol–water partition coefficient (Wildman–Crippen LogP) is 2.33. The fraction of sp³-hybridized carbons (Fsp3) is 0.571. The molecule has 0 aromatic heterocycles. The zero-order valence-corrected chi connectivity index (χ0v) is 10.4. The van der Waals surface area contributed by atoms with E-state index in [1.165, 1.54) is 5.56 Å². The van der Waals surface area contributed by atoms with Crippen LogP contribution in [0.5, 0.6) is 0 Å². The monoisotopic (exact) mass is 221 g/mol. The second-order valence-electron chi connectivity index (χ2n) is 4.86. The quantitative estimate of drug-likeness (QED) is 0.693. The van der Waals surface area contributed by atoms with E-state index in [1.54, 1.807) is 0 Å². The lowest BCUT2D eigenvalue weighted by molar-refractivity contribution is 0.283. The minimum Gasteiger partial charge on any atom is -0.396 e. The molecule has 1 aromatic carbocycles. The number of unbranched alkanes of at least 4 members (excludes halogenated alkanes) is 1. The molecule has 0 unspecified atom stereocenters. The largest absolute Gasteiger partial charge is 0.396 e. The predicted molar refractivity (Wildman–Crippen MR) is 68.7 cm³/mol. The summed E-state index contributed by atoms with van der Waals surface area (Å²) in [7, 11) is 0. The van der Waals surface area contributed by atoms with Gasteiger partial charge in [-0.2, -0.15) is 0 Å². The molecule has 90 valence electrons. The Morgan fingerprint density at radius 2 is 1.81 bits per heavy atom. The molecule has 0 fully saturated rings.